The molecule has 8 heteroatoms. The number of fused-ring (bicyclic) bond motifs is 1. The number of aromatic nitrogens is 4. The van der Waals surface area contributed by atoms with E-state index in [1.807, 2.05) is 31.2 Å². The molecule has 1 fully saturated rings. The second kappa shape index (κ2) is 7.46. The Kier molecular flexibility index (Phi) is 4.85. The van der Waals surface area contributed by atoms with Crippen molar-refractivity contribution in [3.8, 4) is 17.1 Å². The lowest BCUT2D eigenvalue weighted by Gasteiger charge is -2.22. The predicted molar refractivity (Wildman–Crippen MR) is 105 cm³/mol. The van der Waals surface area contributed by atoms with Crippen molar-refractivity contribution in [2.45, 2.75) is 45.1 Å². The zero-order valence-electron chi connectivity index (χ0n) is 15.8. The molecule has 1 aliphatic carbocycles. The summed E-state index contributed by atoms with van der Waals surface area (Å²) in [5, 5.41) is 0. The van der Waals surface area contributed by atoms with Gasteiger partial charge in [0.1, 0.15) is 11.3 Å². The highest BCUT2D eigenvalue weighted by Crippen LogP contribution is 2.32. The molecule has 0 saturated heterocycles. The van der Waals surface area contributed by atoms with Crippen LogP contribution in [0.1, 0.15) is 55.6 Å². The Morgan fingerprint density at radius 1 is 1.25 bits per heavy atom. The lowest BCUT2D eigenvalue weighted by atomic mass is 9.95. The minimum atomic E-state index is -0.709. The zero-order valence-corrected chi connectivity index (χ0v) is 15.8. The first-order chi connectivity index (χ1) is 13.6. The highest BCUT2D eigenvalue weighted by molar-refractivity contribution is 6.02. The van der Waals surface area contributed by atoms with E-state index in [4.69, 9.17) is 10.5 Å². The molecule has 1 saturated carbocycles. The number of carbonyl (C=O) groups is 1. The molecule has 4 rings (SSSR count). The van der Waals surface area contributed by atoms with E-state index in [0.717, 1.165) is 25.7 Å². The second-order valence-corrected chi connectivity index (χ2v) is 6.98. The topological polar surface area (TPSA) is 116 Å². The van der Waals surface area contributed by atoms with Crippen LogP contribution in [0.3, 0.4) is 0 Å². The van der Waals surface area contributed by atoms with Crippen molar-refractivity contribution in [1.29, 1.82) is 0 Å². The number of rotatable bonds is 5. The van der Waals surface area contributed by atoms with E-state index in [0.29, 0.717) is 34.9 Å². The zero-order chi connectivity index (χ0) is 19.7. The third-order valence-corrected chi connectivity index (χ3v) is 5.17. The van der Waals surface area contributed by atoms with Crippen molar-refractivity contribution in [2.24, 2.45) is 5.73 Å². The van der Waals surface area contributed by atoms with E-state index in [2.05, 4.69) is 15.0 Å². The number of para-hydroxylation sites is 1. The number of hydrogen-bond donors (Lipinski definition) is 2. The number of H-pyrrole nitrogens is 1. The number of amides is 1. The summed E-state index contributed by atoms with van der Waals surface area (Å²) in [4.78, 5) is 36.5. The van der Waals surface area contributed by atoms with Gasteiger partial charge in [-0.15, -0.1) is 0 Å². The van der Waals surface area contributed by atoms with Gasteiger partial charge in [-0.2, -0.15) is 0 Å². The molecule has 8 nitrogen and oxygen atoms in total. The molecule has 1 amide bonds. The third-order valence-electron chi connectivity index (χ3n) is 5.17. The van der Waals surface area contributed by atoms with E-state index in [-0.39, 0.29) is 17.4 Å². The molecule has 0 atom stereocenters. The molecular formula is C20H23N5O3. The largest absolute Gasteiger partial charge is 0.493 e. The Labute approximate surface area is 161 Å². The van der Waals surface area contributed by atoms with Crippen molar-refractivity contribution in [3.63, 3.8) is 0 Å². The molecule has 1 aromatic carbocycles. The summed E-state index contributed by atoms with van der Waals surface area (Å²) in [6.45, 7) is 2.38. The second-order valence-electron chi connectivity index (χ2n) is 6.98. The number of ether oxygens (including phenoxy) is 1. The Morgan fingerprint density at radius 3 is 2.71 bits per heavy atom. The molecule has 2 aromatic heterocycles. The third kappa shape index (κ3) is 3.15. The standard InChI is InChI=1S/C20H23N5O3/c1-2-28-14-11-7-6-10-13(14)18-22-15(17(21)26)16-19(24-18)25(20(27)23-16)12-8-4-3-5-9-12/h6-7,10-12H,2-5,8-9H2,1H3,(H2,21,26)(H,23,27). The van der Waals surface area contributed by atoms with Crippen LogP contribution in [-0.2, 0) is 0 Å². The molecule has 0 aliphatic heterocycles. The average Bonchev–Trinajstić information content (AvgIpc) is 3.04. The number of imidazole rings is 1. The molecule has 28 heavy (non-hydrogen) atoms. The van der Waals surface area contributed by atoms with Crippen LogP contribution in [0.25, 0.3) is 22.6 Å². The van der Waals surface area contributed by atoms with Crippen LogP contribution >= 0.6 is 0 Å². The summed E-state index contributed by atoms with van der Waals surface area (Å²) in [6.07, 6.45) is 5.12. The van der Waals surface area contributed by atoms with Gasteiger partial charge in [0, 0.05) is 6.04 Å². The first-order valence-electron chi connectivity index (χ1n) is 9.64. The highest BCUT2D eigenvalue weighted by atomic mass is 16.5. The molecule has 0 bridgehead atoms. The number of primary amides is 1. The lowest BCUT2D eigenvalue weighted by molar-refractivity contribution is 0.0997. The van der Waals surface area contributed by atoms with E-state index in [9.17, 15) is 9.59 Å². The summed E-state index contributed by atoms with van der Waals surface area (Å²) >= 11 is 0. The van der Waals surface area contributed by atoms with Crippen LogP contribution in [-0.4, -0.2) is 32.0 Å². The van der Waals surface area contributed by atoms with Gasteiger partial charge in [-0.1, -0.05) is 31.4 Å². The van der Waals surface area contributed by atoms with Crippen molar-refractivity contribution >= 4 is 17.1 Å². The van der Waals surface area contributed by atoms with Gasteiger partial charge in [-0.3, -0.25) is 9.36 Å². The van der Waals surface area contributed by atoms with Gasteiger partial charge in [0.25, 0.3) is 5.91 Å². The number of benzene rings is 1. The quantitative estimate of drug-likeness (QED) is 0.705. The van der Waals surface area contributed by atoms with Gasteiger partial charge in [-0.05, 0) is 31.9 Å². The van der Waals surface area contributed by atoms with Crippen LogP contribution in [0.2, 0.25) is 0 Å². The highest BCUT2D eigenvalue weighted by Gasteiger charge is 2.25. The van der Waals surface area contributed by atoms with Gasteiger partial charge >= 0.3 is 5.69 Å². The molecule has 0 unspecified atom stereocenters. The minimum absolute atomic E-state index is 0.0120. The number of nitrogens with zero attached hydrogens (tertiary/aromatic N) is 3. The fourth-order valence-corrected chi connectivity index (χ4v) is 3.91. The van der Waals surface area contributed by atoms with Crippen molar-refractivity contribution < 1.29 is 9.53 Å². The van der Waals surface area contributed by atoms with Crippen LogP contribution in [0.4, 0.5) is 0 Å². The van der Waals surface area contributed by atoms with Gasteiger partial charge in [0.05, 0.1) is 12.2 Å². The average molecular weight is 381 g/mol. The van der Waals surface area contributed by atoms with Crippen molar-refractivity contribution in [1.82, 2.24) is 19.5 Å². The van der Waals surface area contributed by atoms with Crippen molar-refractivity contribution in [2.75, 3.05) is 6.61 Å². The maximum atomic E-state index is 12.7. The number of nitrogens with one attached hydrogen (secondary N) is 1. The van der Waals surface area contributed by atoms with Gasteiger partial charge in [-0.25, -0.2) is 14.8 Å². The number of carbonyl (C=O) groups excluding carboxylic acids is 1. The normalized spacial score (nSPS) is 15.0. The molecule has 1 aliphatic rings. The molecule has 2 heterocycles. The van der Waals surface area contributed by atoms with E-state index < -0.39 is 5.91 Å². The van der Waals surface area contributed by atoms with Gasteiger partial charge in [0.2, 0.25) is 0 Å². The van der Waals surface area contributed by atoms with Gasteiger partial charge in [0.15, 0.2) is 17.2 Å². The SMILES string of the molecule is CCOc1ccccc1-c1nc(C(N)=O)c2[nH]c(=O)n(C3CCCCC3)c2n1. The summed E-state index contributed by atoms with van der Waals surface area (Å²) in [5.74, 6) is 0.218. The Hall–Kier alpha value is -3.16. The first-order valence-corrected chi connectivity index (χ1v) is 9.64. The predicted octanol–water partition coefficient (Wildman–Crippen LogP) is 2.79. The van der Waals surface area contributed by atoms with Crippen LogP contribution in [0.15, 0.2) is 29.1 Å². The summed E-state index contributed by atoms with van der Waals surface area (Å²) in [7, 11) is 0. The summed E-state index contributed by atoms with van der Waals surface area (Å²) in [5.41, 5.74) is 6.66. The van der Waals surface area contributed by atoms with E-state index in [1.54, 1.807) is 4.57 Å². The maximum absolute atomic E-state index is 12.7. The van der Waals surface area contributed by atoms with E-state index >= 15 is 0 Å². The molecular weight excluding hydrogens is 358 g/mol. The van der Waals surface area contributed by atoms with Crippen LogP contribution in [0.5, 0.6) is 5.75 Å². The smallest absolute Gasteiger partial charge is 0.327 e. The van der Waals surface area contributed by atoms with Crippen molar-refractivity contribution in [3.05, 3.63) is 40.4 Å². The number of aromatic amines is 1. The summed E-state index contributed by atoms with van der Waals surface area (Å²) < 4.78 is 7.35. The number of nitrogens with two attached hydrogens (primary N) is 1. The minimum Gasteiger partial charge on any atom is -0.493 e. The van der Waals surface area contributed by atoms with Crippen LogP contribution < -0.4 is 16.2 Å². The molecule has 0 spiro atoms. The fraction of sp³-hybridized carbons (Fsp3) is 0.400. The monoisotopic (exact) mass is 381 g/mol. The van der Waals surface area contributed by atoms with E-state index in [1.165, 1.54) is 6.42 Å². The fourth-order valence-electron chi connectivity index (χ4n) is 3.91. The maximum Gasteiger partial charge on any atom is 0.327 e. The number of hydrogen-bond acceptors (Lipinski definition) is 5. The van der Waals surface area contributed by atoms with Gasteiger partial charge < -0.3 is 15.5 Å². The molecule has 0 radical (unpaired) electrons. The lowest BCUT2D eigenvalue weighted by Crippen LogP contribution is -2.24. The Morgan fingerprint density at radius 2 is 2.00 bits per heavy atom. The first kappa shape index (κ1) is 18.2. The molecule has 146 valence electrons. The Balaban J connectivity index is 1.96. The Bertz CT molecular complexity index is 1080. The van der Waals surface area contributed by atoms with Crippen LogP contribution in [0, 0.1) is 0 Å². The molecule has 3 N–H and O–H groups in total. The summed E-state index contributed by atoms with van der Waals surface area (Å²) in [6, 6.07) is 7.41. The molecule has 3 aromatic rings.